The largest absolute Gasteiger partial charge is 0.329 e. The second-order valence-electron chi connectivity index (χ2n) is 5.51. The van der Waals surface area contributed by atoms with Gasteiger partial charge in [0, 0.05) is 19.6 Å². The summed E-state index contributed by atoms with van der Waals surface area (Å²) in [7, 11) is -3.17. The first kappa shape index (κ1) is 13.3. The van der Waals surface area contributed by atoms with Crippen molar-refractivity contribution in [1.29, 1.82) is 0 Å². The van der Waals surface area contributed by atoms with E-state index in [4.69, 9.17) is 5.73 Å². The van der Waals surface area contributed by atoms with Crippen LogP contribution in [-0.2, 0) is 10.0 Å². The normalized spacial score (nSPS) is 23.0. The fourth-order valence-corrected chi connectivity index (χ4v) is 4.09. The van der Waals surface area contributed by atoms with Crippen molar-refractivity contribution >= 4 is 10.0 Å². The molecule has 0 aromatic carbocycles. The summed E-state index contributed by atoms with van der Waals surface area (Å²) in [6.45, 7) is 3.61. The highest BCUT2D eigenvalue weighted by atomic mass is 32.2. The van der Waals surface area contributed by atoms with Gasteiger partial charge in [-0.25, -0.2) is 12.7 Å². The summed E-state index contributed by atoms with van der Waals surface area (Å²) in [5, 5.41) is -0.389. The summed E-state index contributed by atoms with van der Waals surface area (Å²) in [6, 6.07) is 0. The van der Waals surface area contributed by atoms with Crippen molar-refractivity contribution in [3.8, 4) is 0 Å². The summed E-state index contributed by atoms with van der Waals surface area (Å²) in [5.41, 5.74) is 5.59. The summed E-state index contributed by atoms with van der Waals surface area (Å²) in [5.74, 6) is 1.22. The van der Waals surface area contributed by atoms with E-state index in [1.165, 1.54) is 25.7 Å². The zero-order valence-corrected chi connectivity index (χ0v) is 11.5. The van der Waals surface area contributed by atoms with E-state index in [0.717, 1.165) is 13.1 Å². The van der Waals surface area contributed by atoms with Crippen molar-refractivity contribution in [3.05, 3.63) is 0 Å². The lowest BCUT2D eigenvalue weighted by atomic mass is 10.3. The lowest BCUT2D eigenvalue weighted by Crippen LogP contribution is -2.43. The van der Waals surface area contributed by atoms with Crippen LogP contribution in [0.15, 0.2) is 0 Å². The van der Waals surface area contributed by atoms with Crippen molar-refractivity contribution in [3.63, 3.8) is 0 Å². The number of hydrogen-bond donors (Lipinski definition) is 1. The average molecular weight is 260 g/mol. The standard InChI is InChI=1S/C12H24N2O2S/c1-2-12(7-13)17(15,16)14(8-10-3-4-10)9-11-5-6-11/h10-12H,2-9,13H2,1H3. The van der Waals surface area contributed by atoms with Crippen LogP contribution in [0.25, 0.3) is 0 Å². The van der Waals surface area contributed by atoms with Crippen LogP contribution >= 0.6 is 0 Å². The lowest BCUT2D eigenvalue weighted by molar-refractivity contribution is 0.375. The summed E-state index contributed by atoms with van der Waals surface area (Å²) >= 11 is 0. The summed E-state index contributed by atoms with van der Waals surface area (Å²) in [6.07, 6.45) is 5.38. The highest BCUT2D eigenvalue weighted by Gasteiger charge is 2.37. The maximum absolute atomic E-state index is 12.5. The van der Waals surface area contributed by atoms with E-state index in [1.54, 1.807) is 4.31 Å². The van der Waals surface area contributed by atoms with Gasteiger partial charge in [0.25, 0.3) is 0 Å². The van der Waals surface area contributed by atoms with Crippen LogP contribution in [0.2, 0.25) is 0 Å². The van der Waals surface area contributed by atoms with Gasteiger partial charge in [-0.15, -0.1) is 0 Å². The Bertz CT molecular complexity index is 330. The van der Waals surface area contributed by atoms with Gasteiger partial charge >= 0.3 is 0 Å². The Morgan fingerprint density at radius 2 is 1.65 bits per heavy atom. The van der Waals surface area contributed by atoms with E-state index in [2.05, 4.69) is 0 Å². The van der Waals surface area contributed by atoms with Gasteiger partial charge < -0.3 is 5.73 Å². The Hall–Kier alpha value is -0.130. The number of nitrogens with two attached hydrogens (primary N) is 1. The third kappa shape index (κ3) is 3.42. The molecule has 0 bridgehead atoms. The Balaban J connectivity index is 2.04. The predicted molar refractivity (Wildman–Crippen MR) is 69.1 cm³/mol. The second-order valence-corrected chi connectivity index (χ2v) is 7.73. The molecule has 0 amide bonds. The molecule has 1 unspecified atom stereocenters. The molecule has 2 fully saturated rings. The molecule has 1 atom stereocenters. The highest BCUT2D eigenvalue weighted by Crippen LogP contribution is 2.35. The van der Waals surface area contributed by atoms with Gasteiger partial charge in [-0.2, -0.15) is 0 Å². The molecule has 2 saturated carbocycles. The zero-order chi connectivity index (χ0) is 12.5. The molecule has 2 N–H and O–H groups in total. The molecular formula is C12H24N2O2S. The molecule has 4 nitrogen and oxygen atoms in total. The molecule has 0 radical (unpaired) electrons. The third-order valence-corrected chi connectivity index (χ3v) is 6.20. The van der Waals surface area contributed by atoms with Crippen molar-refractivity contribution in [1.82, 2.24) is 4.31 Å². The third-order valence-electron chi connectivity index (χ3n) is 3.82. The van der Waals surface area contributed by atoms with Crippen molar-refractivity contribution in [2.24, 2.45) is 17.6 Å². The van der Waals surface area contributed by atoms with Gasteiger partial charge in [-0.05, 0) is 43.9 Å². The average Bonchev–Trinajstić information content (AvgIpc) is 3.12. The molecule has 0 aromatic rings. The highest BCUT2D eigenvalue weighted by molar-refractivity contribution is 7.89. The van der Waals surface area contributed by atoms with Crippen molar-refractivity contribution in [2.75, 3.05) is 19.6 Å². The van der Waals surface area contributed by atoms with Gasteiger partial charge in [0.15, 0.2) is 0 Å². The first-order chi connectivity index (χ1) is 8.07. The predicted octanol–water partition coefficient (Wildman–Crippen LogP) is 1.18. The fraction of sp³-hybridized carbons (Fsp3) is 1.00. The monoisotopic (exact) mass is 260 g/mol. The topological polar surface area (TPSA) is 63.4 Å². The molecule has 5 heteroatoms. The van der Waals surface area contributed by atoms with Crippen LogP contribution in [0, 0.1) is 11.8 Å². The molecule has 0 aromatic heterocycles. The molecule has 2 aliphatic carbocycles. The van der Waals surface area contributed by atoms with Gasteiger partial charge in [-0.1, -0.05) is 6.92 Å². The van der Waals surface area contributed by atoms with Gasteiger partial charge in [0.2, 0.25) is 10.0 Å². The van der Waals surface area contributed by atoms with Crippen LogP contribution in [0.3, 0.4) is 0 Å². The maximum Gasteiger partial charge on any atom is 0.218 e. The van der Waals surface area contributed by atoms with Crippen LogP contribution in [0.1, 0.15) is 39.0 Å². The Kier molecular flexibility index (Phi) is 4.10. The summed E-state index contributed by atoms with van der Waals surface area (Å²) in [4.78, 5) is 0. The molecule has 100 valence electrons. The van der Waals surface area contributed by atoms with E-state index in [-0.39, 0.29) is 11.8 Å². The van der Waals surface area contributed by atoms with Crippen LogP contribution in [-0.4, -0.2) is 37.6 Å². The Labute approximate surface area is 105 Å². The number of rotatable bonds is 8. The van der Waals surface area contributed by atoms with Crippen molar-refractivity contribution < 1.29 is 8.42 Å². The maximum atomic E-state index is 12.5. The van der Waals surface area contributed by atoms with Crippen LogP contribution < -0.4 is 5.73 Å². The molecule has 0 aliphatic heterocycles. The number of hydrogen-bond acceptors (Lipinski definition) is 3. The second kappa shape index (κ2) is 5.24. The van der Waals surface area contributed by atoms with Crippen LogP contribution in [0.4, 0.5) is 0 Å². The minimum Gasteiger partial charge on any atom is -0.329 e. The molecule has 0 heterocycles. The Morgan fingerprint density at radius 1 is 1.18 bits per heavy atom. The van der Waals surface area contributed by atoms with Gasteiger partial charge in [-0.3, -0.25) is 0 Å². The van der Waals surface area contributed by atoms with E-state index >= 15 is 0 Å². The van der Waals surface area contributed by atoms with Crippen molar-refractivity contribution in [2.45, 2.75) is 44.3 Å². The molecular weight excluding hydrogens is 236 g/mol. The molecule has 17 heavy (non-hydrogen) atoms. The van der Waals surface area contributed by atoms with E-state index in [1.807, 2.05) is 6.92 Å². The van der Waals surface area contributed by atoms with E-state index in [0.29, 0.717) is 18.3 Å². The minimum absolute atomic E-state index is 0.241. The first-order valence-electron chi connectivity index (χ1n) is 6.77. The smallest absolute Gasteiger partial charge is 0.218 e. The molecule has 2 rings (SSSR count). The summed E-state index contributed by atoms with van der Waals surface area (Å²) < 4.78 is 26.7. The van der Waals surface area contributed by atoms with E-state index < -0.39 is 10.0 Å². The van der Waals surface area contributed by atoms with Crippen LogP contribution in [0.5, 0.6) is 0 Å². The molecule has 2 aliphatic rings. The number of sulfonamides is 1. The molecule has 0 saturated heterocycles. The zero-order valence-electron chi connectivity index (χ0n) is 10.6. The molecule has 0 spiro atoms. The first-order valence-corrected chi connectivity index (χ1v) is 8.27. The fourth-order valence-electron chi connectivity index (χ4n) is 2.17. The van der Waals surface area contributed by atoms with Gasteiger partial charge in [0.05, 0.1) is 5.25 Å². The van der Waals surface area contributed by atoms with E-state index in [9.17, 15) is 8.42 Å². The quantitative estimate of drug-likeness (QED) is 0.712. The number of nitrogens with zero attached hydrogens (tertiary/aromatic N) is 1. The van der Waals surface area contributed by atoms with Gasteiger partial charge in [0.1, 0.15) is 0 Å². The SMILES string of the molecule is CCC(CN)S(=O)(=O)N(CC1CC1)CC1CC1. The minimum atomic E-state index is -3.17. The Morgan fingerprint density at radius 3 is 1.94 bits per heavy atom. The lowest BCUT2D eigenvalue weighted by Gasteiger charge is -2.26.